The summed E-state index contributed by atoms with van der Waals surface area (Å²) in [6.07, 6.45) is -2.25. The molecule has 1 amide bonds. The lowest BCUT2D eigenvalue weighted by Gasteiger charge is -2.22. The molecular weight excluding hydrogens is 564 g/mol. The number of anilines is 2. The number of amides is 1. The fourth-order valence-corrected chi connectivity index (χ4v) is 5.24. The predicted molar refractivity (Wildman–Crippen MR) is 157 cm³/mol. The van der Waals surface area contributed by atoms with E-state index in [2.05, 4.69) is 25.5 Å². The molecule has 0 spiro atoms. The highest BCUT2D eigenvalue weighted by atomic mass is 19.4. The van der Waals surface area contributed by atoms with Crippen LogP contribution in [0.15, 0.2) is 54.7 Å². The maximum atomic E-state index is 15.3. The molecule has 226 valence electrons. The Morgan fingerprint density at radius 2 is 1.91 bits per heavy atom. The number of hydrogen-bond acceptors (Lipinski definition) is 6. The van der Waals surface area contributed by atoms with E-state index >= 15 is 4.39 Å². The molecule has 2 aromatic heterocycles. The highest BCUT2D eigenvalue weighted by Crippen LogP contribution is 2.34. The predicted octanol–water partition coefficient (Wildman–Crippen LogP) is 5.92. The minimum atomic E-state index is -4.66. The summed E-state index contributed by atoms with van der Waals surface area (Å²) >= 11 is 0. The van der Waals surface area contributed by atoms with Crippen LogP contribution in [0.25, 0.3) is 11.0 Å². The number of halogens is 4. The van der Waals surface area contributed by atoms with E-state index in [0.717, 1.165) is 12.5 Å². The first-order valence-electron chi connectivity index (χ1n) is 13.8. The first kappa shape index (κ1) is 30.2. The molecule has 1 aliphatic heterocycles. The van der Waals surface area contributed by atoms with E-state index in [0.29, 0.717) is 35.5 Å². The Bertz CT molecular complexity index is 1670. The second-order valence-corrected chi connectivity index (χ2v) is 11.0. The third kappa shape index (κ3) is 6.86. The largest absolute Gasteiger partial charge is 0.416 e. The number of H-pyrrole nitrogens is 1. The maximum Gasteiger partial charge on any atom is 0.416 e. The summed E-state index contributed by atoms with van der Waals surface area (Å²) < 4.78 is 57.4. The standard InChI is InChI=1S/C31H32F4N6O2/c1-18(42)27-13-22-11-23(15-37-29(22)38-27)36-14-20-5-4-6-26(28(20)32)39-30(43)19-7-8-21(25(12-19)31(33,34)35)16-41-10-9-24(17-41)40(2)3/h4-8,11-13,15,24,36H,9-10,14,16-17H2,1-3H3,(H,37,38)(H,39,43). The number of nitrogens with one attached hydrogen (secondary N) is 3. The van der Waals surface area contributed by atoms with Crippen LogP contribution < -0.4 is 10.6 Å². The molecule has 0 saturated carbocycles. The van der Waals surface area contributed by atoms with Gasteiger partial charge in [0.1, 0.15) is 5.65 Å². The normalized spacial score (nSPS) is 15.8. The average molecular weight is 597 g/mol. The fraction of sp³-hybridized carbons (Fsp3) is 0.323. The smallest absolute Gasteiger partial charge is 0.380 e. The van der Waals surface area contributed by atoms with E-state index in [4.69, 9.17) is 0 Å². The van der Waals surface area contributed by atoms with Gasteiger partial charge in [0.2, 0.25) is 0 Å². The number of aromatic nitrogens is 2. The van der Waals surface area contributed by atoms with E-state index in [1.807, 2.05) is 19.0 Å². The number of fused-ring (bicyclic) bond motifs is 1. The average Bonchev–Trinajstić information content (AvgIpc) is 3.60. The molecule has 8 nitrogen and oxygen atoms in total. The Morgan fingerprint density at radius 1 is 1.12 bits per heavy atom. The quantitative estimate of drug-likeness (QED) is 0.164. The molecule has 12 heteroatoms. The van der Waals surface area contributed by atoms with Crippen LogP contribution in [-0.2, 0) is 19.3 Å². The summed E-state index contributed by atoms with van der Waals surface area (Å²) in [4.78, 5) is 35.8. The molecule has 2 aromatic carbocycles. The van der Waals surface area contributed by atoms with Crippen molar-refractivity contribution < 1.29 is 27.2 Å². The molecule has 5 rings (SSSR count). The molecule has 43 heavy (non-hydrogen) atoms. The van der Waals surface area contributed by atoms with Crippen LogP contribution in [0.4, 0.5) is 28.9 Å². The Labute approximate surface area is 246 Å². The number of aromatic amines is 1. The third-order valence-electron chi connectivity index (χ3n) is 7.71. The van der Waals surface area contributed by atoms with Crippen molar-refractivity contribution in [2.45, 2.75) is 38.7 Å². The molecule has 3 heterocycles. The number of carbonyl (C=O) groups is 2. The number of Topliss-reactive ketones (excluding diaryl/α,β-unsaturated/α-hetero) is 1. The summed E-state index contributed by atoms with van der Waals surface area (Å²) in [5, 5.41) is 6.19. The number of hydrogen-bond donors (Lipinski definition) is 3. The van der Waals surface area contributed by atoms with Crippen LogP contribution >= 0.6 is 0 Å². The number of carbonyl (C=O) groups excluding carboxylic acids is 2. The van der Waals surface area contributed by atoms with Gasteiger partial charge in [0.25, 0.3) is 5.91 Å². The number of benzene rings is 2. The summed E-state index contributed by atoms with van der Waals surface area (Å²) in [7, 11) is 3.90. The van der Waals surface area contributed by atoms with E-state index in [-0.39, 0.29) is 47.3 Å². The SMILES string of the molecule is CC(=O)c1cc2cc(NCc3cccc(NC(=O)c4ccc(CN5CCC(N(C)C)C5)c(C(F)(F)F)c4)c3F)cnc2[nH]1. The van der Waals surface area contributed by atoms with Gasteiger partial charge >= 0.3 is 6.18 Å². The number of alkyl halides is 3. The van der Waals surface area contributed by atoms with Crippen LogP contribution in [0, 0.1) is 5.82 Å². The Morgan fingerprint density at radius 3 is 2.60 bits per heavy atom. The fourth-order valence-electron chi connectivity index (χ4n) is 5.24. The topological polar surface area (TPSA) is 93.4 Å². The summed E-state index contributed by atoms with van der Waals surface area (Å²) in [5.74, 6) is -1.69. The molecule has 3 N–H and O–H groups in total. The highest BCUT2D eigenvalue weighted by Gasteiger charge is 2.35. The van der Waals surface area contributed by atoms with Crippen LogP contribution in [0.1, 0.15) is 50.9 Å². The summed E-state index contributed by atoms with van der Waals surface area (Å²) in [5.41, 5.74) is 0.619. The number of likely N-dealkylation sites (N-methyl/N-ethyl adjacent to an activating group) is 1. The minimum absolute atomic E-state index is 0.0464. The van der Waals surface area contributed by atoms with Gasteiger partial charge in [0.15, 0.2) is 11.6 Å². The summed E-state index contributed by atoms with van der Waals surface area (Å²) in [6.45, 7) is 2.96. The second-order valence-electron chi connectivity index (χ2n) is 11.0. The van der Waals surface area contributed by atoms with E-state index < -0.39 is 23.5 Å². The molecule has 0 bridgehead atoms. The molecule has 1 saturated heterocycles. The molecule has 4 aromatic rings. The highest BCUT2D eigenvalue weighted by molar-refractivity contribution is 6.04. The molecular formula is C31H32F4N6O2. The lowest BCUT2D eigenvalue weighted by molar-refractivity contribution is -0.138. The number of likely N-dealkylation sites (tertiary alicyclic amines) is 1. The van der Waals surface area contributed by atoms with Crippen LogP contribution in [0.3, 0.4) is 0 Å². The van der Waals surface area contributed by atoms with Crippen molar-refractivity contribution in [1.82, 2.24) is 19.8 Å². The van der Waals surface area contributed by atoms with Crippen molar-refractivity contribution >= 4 is 34.1 Å². The molecule has 0 radical (unpaired) electrons. The van der Waals surface area contributed by atoms with Crippen molar-refractivity contribution in [1.29, 1.82) is 0 Å². The Hall–Kier alpha value is -4.29. The van der Waals surface area contributed by atoms with Gasteiger partial charge in [-0.2, -0.15) is 13.2 Å². The maximum absolute atomic E-state index is 15.3. The van der Waals surface area contributed by atoms with E-state index in [1.54, 1.807) is 24.4 Å². The van der Waals surface area contributed by atoms with Gasteiger partial charge in [-0.05, 0) is 56.4 Å². The van der Waals surface area contributed by atoms with Gasteiger partial charge in [-0.1, -0.05) is 18.2 Å². The zero-order chi connectivity index (χ0) is 30.9. The number of rotatable bonds is 9. The molecule has 1 aliphatic rings. The molecule has 1 atom stereocenters. The monoisotopic (exact) mass is 596 g/mol. The lowest BCUT2D eigenvalue weighted by atomic mass is 10.0. The van der Waals surface area contributed by atoms with Crippen molar-refractivity contribution in [3.63, 3.8) is 0 Å². The van der Waals surface area contributed by atoms with Gasteiger partial charge in [-0.15, -0.1) is 0 Å². The minimum Gasteiger partial charge on any atom is -0.380 e. The van der Waals surface area contributed by atoms with Gasteiger partial charge in [-0.25, -0.2) is 9.37 Å². The first-order chi connectivity index (χ1) is 20.4. The van der Waals surface area contributed by atoms with Crippen molar-refractivity contribution in [3.8, 4) is 0 Å². The number of nitrogens with zero attached hydrogens (tertiary/aromatic N) is 3. The van der Waals surface area contributed by atoms with E-state index in [9.17, 15) is 22.8 Å². The van der Waals surface area contributed by atoms with Gasteiger partial charge in [-0.3, -0.25) is 14.5 Å². The number of pyridine rings is 1. The van der Waals surface area contributed by atoms with Gasteiger partial charge < -0.3 is 20.5 Å². The van der Waals surface area contributed by atoms with Gasteiger partial charge in [0.05, 0.1) is 28.8 Å². The van der Waals surface area contributed by atoms with Crippen molar-refractivity contribution in [2.75, 3.05) is 37.8 Å². The van der Waals surface area contributed by atoms with Crippen LogP contribution in [0.2, 0.25) is 0 Å². The lowest BCUT2D eigenvalue weighted by Crippen LogP contribution is -2.31. The molecule has 1 unspecified atom stereocenters. The second kappa shape index (κ2) is 12.1. The van der Waals surface area contributed by atoms with Crippen molar-refractivity contribution in [3.05, 3.63) is 88.5 Å². The zero-order valence-corrected chi connectivity index (χ0v) is 24.0. The van der Waals surface area contributed by atoms with Crippen LogP contribution in [-0.4, -0.2) is 64.7 Å². The van der Waals surface area contributed by atoms with Crippen molar-refractivity contribution in [2.24, 2.45) is 0 Å². The first-order valence-corrected chi connectivity index (χ1v) is 13.8. The number of ketones is 1. The molecule has 1 fully saturated rings. The third-order valence-corrected chi connectivity index (χ3v) is 7.71. The van der Waals surface area contributed by atoms with Gasteiger partial charge in [0, 0.05) is 55.7 Å². The zero-order valence-electron chi connectivity index (χ0n) is 24.0. The Balaban J connectivity index is 1.28. The Kier molecular flexibility index (Phi) is 8.52. The molecule has 0 aliphatic carbocycles. The summed E-state index contributed by atoms with van der Waals surface area (Å²) in [6, 6.07) is 11.6. The van der Waals surface area contributed by atoms with E-state index in [1.165, 1.54) is 31.2 Å². The van der Waals surface area contributed by atoms with Crippen LogP contribution in [0.5, 0.6) is 0 Å².